The Morgan fingerprint density at radius 1 is 1.38 bits per heavy atom. The fourth-order valence-electron chi connectivity index (χ4n) is 2.83. The summed E-state index contributed by atoms with van der Waals surface area (Å²) < 4.78 is 26.4. The van der Waals surface area contributed by atoms with Crippen LogP contribution < -0.4 is 10.2 Å². The lowest BCUT2D eigenvalue weighted by Gasteiger charge is -2.20. The number of benzene rings is 1. The van der Waals surface area contributed by atoms with Gasteiger partial charge in [0, 0.05) is 25.7 Å². The van der Waals surface area contributed by atoms with Crippen molar-refractivity contribution in [3.05, 3.63) is 58.9 Å². The van der Waals surface area contributed by atoms with Crippen LogP contribution >= 0.6 is 11.6 Å². The second-order valence-corrected chi connectivity index (χ2v) is 6.15. The summed E-state index contributed by atoms with van der Waals surface area (Å²) in [5.41, 5.74) is 0.580. The Labute approximate surface area is 143 Å². The standard InChI is InChI=1S/C17H16ClF2N3O/c18-13-3-1-2-4-15(13)23-6-5-11(10-23)8-22-17(24)16-14(20)7-12(19)9-21-16/h1-4,7,9,11H,5-6,8,10H2,(H,22,24). The second-order valence-electron chi connectivity index (χ2n) is 5.75. The van der Waals surface area contributed by atoms with E-state index in [1.807, 2.05) is 24.3 Å². The van der Waals surface area contributed by atoms with E-state index in [-0.39, 0.29) is 5.92 Å². The summed E-state index contributed by atoms with van der Waals surface area (Å²) in [6.45, 7) is 2.00. The molecule has 1 saturated heterocycles. The third-order valence-electron chi connectivity index (χ3n) is 4.05. The maximum Gasteiger partial charge on any atom is 0.272 e. The van der Waals surface area contributed by atoms with E-state index in [0.717, 1.165) is 31.4 Å². The Bertz CT molecular complexity index is 756. The van der Waals surface area contributed by atoms with E-state index in [1.54, 1.807) is 0 Å². The van der Waals surface area contributed by atoms with Crippen molar-refractivity contribution in [3.63, 3.8) is 0 Å². The predicted octanol–water partition coefficient (Wildman–Crippen LogP) is 3.27. The van der Waals surface area contributed by atoms with Gasteiger partial charge >= 0.3 is 0 Å². The number of hydrogen-bond donors (Lipinski definition) is 1. The van der Waals surface area contributed by atoms with E-state index in [4.69, 9.17) is 11.6 Å². The highest BCUT2D eigenvalue weighted by Gasteiger charge is 2.25. The maximum absolute atomic E-state index is 13.5. The molecule has 1 fully saturated rings. The number of anilines is 1. The zero-order valence-electron chi connectivity index (χ0n) is 12.8. The number of pyridine rings is 1. The zero-order chi connectivity index (χ0) is 17.1. The van der Waals surface area contributed by atoms with Crippen molar-refractivity contribution in [3.8, 4) is 0 Å². The number of hydrogen-bond acceptors (Lipinski definition) is 3. The van der Waals surface area contributed by atoms with Gasteiger partial charge in [-0.15, -0.1) is 0 Å². The van der Waals surface area contributed by atoms with Crippen LogP contribution in [0.4, 0.5) is 14.5 Å². The van der Waals surface area contributed by atoms with Crippen LogP contribution in [0.1, 0.15) is 16.9 Å². The first-order valence-corrected chi connectivity index (χ1v) is 8.01. The minimum atomic E-state index is -0.961. The molecule has 0 spiro atoms. The van der Waals surface area contributed by atoms with E-state index >= 15 is 0 Å². The number of amides is 1. The quantitative estimate of drug-likeness (QED) is 0.919. The molecule has 0 aliphatic carbocycles. The lowest BCUT2D eigenvalue weighted by molar-refractivity contribution is 0.0938. The molecule has 3 rings (SSSR count). The van der Waals surface area contributed by atoms with Gasteiger partial charge in [0.15, 0.2) is 11.5 Å². The normalized spacial score (nSPS) is 17.1. The van der Waals surface area contributed by atoms with Gasteiger partial charge in [-0.25, -0.2) is 13.8 Å². The van der Waals surface area contributed by atoms with Gasteiger partial charge in [0.25, 0.3) is 5.91 Å². The Morgan fingerprint density at radius 2 is 2.17 bits per heavy atom. The first-order valence-electron chi connectivity index (χ1n) is 7.63. The monoisotopic (exact) mass is 351 g/mol. The van der Waals surface area contributed by atoms with Crippen LogP contribution in [0, 0.1) is 17.6 Å². The van der Waals surface area contributed by atoms with Gasteiger partial charge in [-0.2, -0.15) is 0 Å². The van der Waals surface area contributed by atoms with Crippen LogP contribution in [0.2, 0.25) is 5.02 Å². The highest BCUT2D eigenvalue weighted by Crippen LogP contribution is 2.29. The van der Waals surface area contributed by atoms with Crippen molar-refractivity contribution in [1.29, 1.82) is 0 Å². The van der Waals surface area contributed by atoms with E-state index in [9.17, 15) is 13.6 Å². The molecule has 2 heterocycles. The molecule has 1 amide bonds. The van der Waals surface area contributed by atoms with Gasteiger partial charge in [0.2, 0.25) is 0 Å². The van der Waals surface area contributed by atoms with Crippen molar-refractivity contribution >= 4 is 23.2 Å². The van der Waals surface area contributed by atoms with E-state index < -0.39 is 23.2 Å². The summed E-state index contributed by atoms with van der Waals surface area (Å²) in [5, 5.41) is 3.36. The van der Waals surface area contributed by atoms with Gasteiger partial charge in [0.1, 0.15) is 5.82 Å². The number of para-hydroxylation sites is 1. The minimum Gasteiger partial charge on any atom is -0.370 e. The van der Waals surface area contributed by atoms with E-state index in [2.05, 4.69) is 15.2 Å². The number of carbonyl (C=O) groups is 1. The molecular weight excluding hydrogens is 336 g/mol. The van der Waals surface area contributed by atoms with Gasteiger partial charge in [-0.1, -0.05) is 23.7 Å². The molecule has 7 heteroatoms. The first-order chi connectivity index (χ1) is 11.5. The lowest BCUT2D eigenvalue weighted by atomic mass is 10.1. The van der Waals surface area contributed by atoms with Gasteiger partial charge < -0.3 is 10.2 Å². The molecule has 0 bridgehead atoms. The summed E-state index contributed by atoms with van der Waals surface area (Å²) in [5.74, 6) is -2.18. The molecular formula is C17H16ClF2N3O. The summed E-state index contributed by atoms with van der Waals surface area (Å²) in [6.07, 6.45) is 1.72. The molecule has 24 heavy (non-hydrogen) atoms. The van der Waals surface area contributed by atoms with Crippen LogP contribution in [-0.2, 0) is 0 Å². The highest BCUT2D eigenvalue weighted by atomic mass is 35.5. The molecule has 2 aromatic rings. The number of rotatable bonds is 4. The fraction of sp³-hybridized carbons (Fsp3) is 0.294. The predicted molar refractivity (Wildman–Crippen MR) is 88.3 cm³/mol. The van der Waals surface area contributed by atoms with Crippen LogP contribution in [0.15, 0.2) is 36.5 Å². The molecule has 0 saturated carbocycles. The number of nitrogens with zero attached hydrogens (tertiary/aromatic N) is 2. The molecule has 1 aliphatic rings. The van der Waals surface area contributed by atoms with Gasteiger partial charge in [-0.3, -0.25) is 4.79 Å². The number of halogens is 3. The number of carbonyl (C=O) groups excluding carboxylic acids is 1. The third-order valence-corrected chi connectivity index (χ3v) is 4.37. The Balaban J connectivity index is 1.56. The molecule has 1 N–H and O–H groups in total. The molecule has 1 aromatic heterocycles. The summed E-state index contributed by atoms with van der Waals surface area (Å²) >= 11 is 6.20. The minimum absolute atomic E-state index is 0.230. The average Bonchev–Trinajstić information content (AvgIpc) is 3.02. The summed E-state index contributed by atoms with van der Waals surface area (Å²) in [7, 11) is 0. The smallest absolute Gasteiger partial charge is 0.272 e. The Morgan fingerprint density at radius 3 is 2.92 bits per heavy atom. The molecule has 1 unspecified atom stereocenters. The second kappa shape index (κ2) is 7.13. The number of aromatic nitrogens is 1. The molecule has 126 valence electrons. The van der Waals surface area contributed by atoms with Crippen LogP contribution in [-0.4, -0.2) is 30.5 Å². The number of nitrogens with one attached hydrogen (secondary N) is 1. The Kier molecular flexibility index (Phi) is 4.94. The van der Waals surface area contributed by atoms with Gasteiger partial charge in [0.05, 0.1) is 16.9 Å². The van der Waals surface area contributed by atoms with Gasteiger partial charge in [-0.05, 0) is 24.5 Å². The molecule has 1 atom stereocenters. The van der Waals surface area contributed by atoms with Crippen molar-refractivity contribution < 1.29 is 13.6 Å². The third kappa shape index (κ3) is 3.64. The van der Waals surface area contributed by atoms with Crippen molar-refractivity contribution in [2.75, 3.05) is 24.5 Å². The van der Waals surface area contributed by atoms with Crippen LogP contribution in [0.3, 0.4) is 0 Å². The first kappa shape index (κ1) is 16.6. The van der Waals surface area contributed by atoms with Crippen LogP contribution in [0.5, 0.6) is 0 Å². The van der Waals surface area contributed by atoms with Crippen LogP contribution in [0.25, 0.3) is 0 Å². The molecule has 4 nitrogen and oxygen atoms in total. The highest BCUT2D eigenvalue weighted by molar-refractivity contribution is 6.33. The van der Waals surface area contributed by atoms with E-state index in [1.165, 1.54) is 0 Å². The van der Waals surface area contributed by atoms with Crippen molar-refractivity contribution in [1.82, 2.24) is 10.3 Å². The lowest BCUT2D eigenvalue weighted by Crippen LogP contribution is -2.32. The van der Waals surface area contributed by atoms with Crippen molar-refractivity contribution in [2.24, 2.45) is 5.92 Å². The fourth-order valence-corrected chi connectivity index (χ4v) is 3.08. The summed E-state index contributed by atoms with van der Waals surface area (Å²) in [6, 6.07) is 8.26. The molecule has 1 aromatic carbocycles. The largest absolute Gasteiger partial charge is 0.370 e. The van der Waals surface area contributed by atoms with E-state index in [0.29, 0.717) is 17.6 Å². The maximum atomic E-state index is 13.5. The zero-order valence-corrected chi connectivity index (χ0v) is 13.6. The molecule has 1 aliphatic heterocycles. The molecule has 0 radical (unpaired) electrons. The van der Waals surface area contributed by atoms with Crippen molar-refractivity contribution in [2.45, 2.75) is 6.42 Å². The summed E-state index contributed by atoms with van der Waals surface area (Å²) in [4.78, 5) is 17.6. The average molecular weight is 352 g/mol. The SMILES string of the molecule is O=C(NCC1CCN(c2ccccc2Cl)C1)c1ncc(F)cc1F. The Hall–Kier alpha value is -2.21. The topological polar surface area (TPSA) is 45.2 Å².